The molecule has 0 spiro atoms. The number of piperazine rings is 1. The fourth-order valence-corrected chi connectivity index (χ4v) is 8.67. The number of fused-ring (bicyclic) bond motifs is 5. The summed E-state index contributed by atoms with van der Waals surface area (Å²) in [6, 6.07) is 5.61. The number of hydrogen-bond acceptors (Lipinski definition) is 9. The lowest BCUT2D eigenvalue weighted by Gasteiger charge is -2.44. The van der Waals surface area contributed by atoms with E-state index in [1.54, 1.807) is 7.11 Å². The van der Waals surface area contributed by atoms with Crippen molar-refractivity contribution in [2.45, 2.75) is 68.4 Å². The van der Waals surface area contributed by atoms with E-state index >= 15 is 4.39 Å². The van der Waals surface area contributed by atoms with Crippen LogP contribution in [-0.2, 0) is 4.74 Å². The molecule has 0 aliphatic carbocycles. The molecule has 4 saturated heterocycles. The fraction of sp³-hybridized carbons (Fsp3) is 0.472. The minimum atomic E-state index is -0.932. The van der Waals surface area contributed by atoms with Gasteiger partial charge in [-0.05, 0) is 62.7 Å². The summed E-state index contributed by atoms with van der Waals surface area (Å²) in [5.74, 6) is 1.26. The molecular formula is C36H37F3N6O3. The Bertz CT molecular complexity index is 1990. The van der Waals surface area contributed by atoms with Gasteiger partial charge in [0.15, 0.2) is 5.82 Å². The number of halogens is 3. The summed E-state index contributed by atoms with van der Waals surface area (Å²) in [7, 11) is 1.69. The second-order valence-corrected chi connectivity index (χ2v) is 13.8. The summed E-state index contributed by atoms with van der Waals surface area (Å²) < 4.78 is 58.5. The quantitative estimate of drug-likeness (QED) is 0.263. The van der Waals surface area contributed by atoms with Gasteiger partial charge in [-0.2, -0.15) is 9.97 Å². The van der Waals surface area contributed by atoms with E-state index in [0.29, 0.717) is 42.6 Å². The zero-order chi connectivity index (χ0) is 33.4. The van der Waals surface area contributed by atoms with Crippen LogP contribution in [-0.4, -0.2) is 94.2 Å². The van der Waals surface area contributed by atoms with Crippen molar-refractivity contribution >= 4 is 27.5 Å². The van der Waals surface area contributed by atoms with Crippen LogP contribution in [0.25, 0.3) is 32.9 Å². The molecule has 12 heteroatoms. The van der Waals surface area contributed by atoms with E-state index in [2.05, 4.69) is 31.0 Å². The first-order chi connectivity index (χ1) is 23.1. The molecule has 2 bridgehead atoms. The number of anilines is 1. The van der Waals surface area contributed by atoms with Crippen molar-refractivity contribution in [3.05, 3.63) is 47.7 Å². The topological polar surface area (TPSA) is 95.9 Å². The Labute approximate surface area is 276 Å². The highest BCUT2D eigenvalue weighted by Crippen LogP contribution is 2.43. The average Bonchev–Trinajstić information content (AvgIpc) is 3.72. The number of aromatic nitrogens is 3. The Morgan fingerprint density at radius 3 is 2.88 bits per heavy atom. The third-order valence-corrected chi connectivity index (χ3v) is 11.1. The van der Waals surface area contributed by atoms with E-state index in [4.69, 9.17) is 20.9 Å². The van der Waals surface area contributed by atoms with Crippen LogP contribution >= 0.6 is 0 Å². The second-order valence-electron chi connectivity index (χ2n) is 13.8. The lowest BCUT2D eigenvalue weighted by Crippen LogP contribution is -2.64. The van der Waals surface area contributed by atoms with Crippen LogP contribution in [0.15, 0.2) is 30.5 Å². The summed E-state index contributed by atoms with van der Waals surface area (Å²) in [5.41, 5.74) is -0.905. The zero-order valence-electron chi connectivity index (χ0n) is 26.9. The number of phenols is 1. The van der Waals surface area contributed by atoms with Crippen LogP contribution in [0.2, 0.25) is 0 Å². The van der Waals surface area contributed by atoms with Crippen LogP contribution in [0.3, 0.4) is 0 Å². The lowest BCUT2D eigenvalue weighted by atomic mass is 9.90. The lowest BCUT2D eigenvalue weighted by molar-refractivity contribution is 0.0350. The highest BCUT2D eigenvalue weighted by atomic mass is 19.1. The Morgan fingerprint density at radius 1 is 1.21 bits per heavy atom. The van der Waals surface area contributed by atoms with Gasteiger partial charge in [-0.25, -0.2) is 13.2 Å². The number of methoxy groups -OCH3 is 1. The predicted octanol–water partition coefficient (Wildman–Crippen LogP) is 5.11. The van der Waals surface area contributed by atoms with Crippen LogP contribution in [0.4, 0.5) is 19.0 Å². The Kier molecular flexibility index (Phi) is 7.43. The van der Waals surface area contributed by atoms with Crippen molar-refractivity contribution in [2.24, 2.45) is 0 Å². The maximum Gasteiger partial charge on any atom is 0.319 e. The number of rotatable bonds is 7. The minimum Gasteiger partial charge on any atom is -0.508 e. The number of terminal acetylenes is 1. The van der Waals surface area contributed by atoms with Gasteiger partial charge in [0.05, 0.1) is 28.1 Å². The molecule has 6 heterocycles. The molecule has 48 heavy (non-hydrogen) atoms. The molecule has 4 aliphatic heterocycles. The molecule has 0 radical (unpaired) electrons. The zero-order valence-corrected chi connectivity index (χ0v) is 26.9. The van der Waals surface area contributed by atoms with Crippen molar-refractivity contribution in [1.29, 1.82) is 0 Å². The minimum absolute atomic E-state index is 0.0204. The molecule has 0 amide bonds. The normalized spacial score (nSPS) is 27.5. The summed E-state index contributed by atoms with van der Waals surface area (Å²) in [6.45, 7) is 4.56. The van der Waals surface area contributed by atoms with Gasteiger partial charge < -0.3 is 24.8 Å². The van der Waals surface area contributed by atoms with Crippen LogP contribution in [0, 0.1) is 24.0 Å². The smallest absolute Gasteiger partial charge is 0.319 e. The Hall–Kier alpha value is -4.18. The highest BCUT2D eigenvalue weighted by molar-refractivity contribution is 6.03. The van der Waals surface area contributed by atoms with Gasteiger partial charge in [-0.1, -0.05) is 12.0 Å². The Balaban J connectivity index is 1.28. The number of pyridine rings is 1. The van der Waals surface area contributed by atoms with Crippen molar-refractivity contribution in [3.8, 4) is 35.4 Å². The number of ether oxygens (including phenoxy) is 2. The number of benzene rings is 2. The predicted molar refractivity (Wildman–Crippen MR) is 176 cm³/mol. The molecule has 4 aromatic rings. The van der Waals surface area contributed by atoms with Gasteiger partial charge in [-0.3, -0.25) is 9.88 Å². The van der Waals surface area contributed by atoms with E-state index in [0.717, 1.165) is 32.2 Å². The molecule has 2 aromatic carbocycles. The van der Waals surface area contributed by atoms with Crippen molar-refractivity contribution in [2.75, 3.05) is 44.8 Å². The maximum atomic E-state index is 17.0. The van der Waals surface area contributed by atoms with Gasteiger partial charge in [0, 0.05) is 56.4 Å². The van der Waals surface area contributed by atoms with Gasteiger partial charge in [0.25, 0.3) is 0 Å². The number of phenolic OH excluding ortho intramolecular Hbond substituents is 1. The van der Waals surface area contributed by atoms with E-state index in [9.17, 15) is 13.9 Å². The summed E-state index contributed by atoms with van der Waals surface area (Å²) in [4.78, 5) is 18.2. The molecule has 2 aromatic heterocycles. The van der Waals surface area contributed by atoms with Gasteiger partial charge in [-0.15, -0.1) is 6.42 Å². The number of nitrogens with one attached hydrogen (secondary N) is 1. The van der Waals surface area contributed by atoms with Crippen LogP contribution in [0.5, 0.6) is 11.8 Å². The fourth-order valence-electron chi connectivity index (χ4n) is 8.67. The van der Waals surface area contributed by atoms with Crippen LogP contribution < -0.4 is 15.0 Å². The monoisotopic (exact) mass is 658 g/mol. The highest BCUT2D eigenvalue weighted by Gasteiger charge is 2.50. The Morgan fingerprint density at radius 2 is 2.06 bits per heavy atom. The van der Waals surface area contributed by atoms with E-state index in [1.807, 2.05) is 6.92 Å². The van der Waals surface area contributed by atoms with Crippen molar-refractivity contribution in [3.63, 3.8) is 0 Å². The molecular weight excluding hydrogens is 621 g/mol. The van der Waals surface area contributed by atoms with Crippen LogP contribution in [0.1, 0.15) is 44.6 Å². The third-order valence-electron chi connectivity index (χ3n) is 11.1. The number of hydrogen-bond donors (Lipinski definition) is 2. The van der Waals surface area contributed by atoms with E-state index in [1.165, 1.54) is 30.5 Å². The number of nitrogens with zero attached hydrogens (tertiary/aromatic N) is 5. The molecule has 2 N–H and O–H groups in total. The summed E-state index contributed by atoms with van der Waals surface area (Å²) in [5, 5.41) is 15.4. The standard InChI is InChI=1S/C36H37F3N6O3/c1-4-25-28(38)7-6-21-12-24(46)13-26(29(21)25)31-30(39)32-27(15-40-31)33(44-17-23-8-10-36(18-44,43-23)20(2)47-3)42-34(41-32)48-19-35-9-5-11-45(35)16-22(37)14-35/h1,6-7,12-13,15,20,22-23,43,46H,5,8-11,14,16-19H2,2-3H3/t20?,22-,23?,35+,36?/m1/s1. The summed E-state index contributed by atoms with van der Waals surface area (Å²) in [6.07, 6.45) is 10.2. The molecule has 9 nitrogen and oxygen atoms in total. The van der Waals surface area contributed by atoms with Gasteiger partial charge in [0.1, 0.15) is 41.4 Å². The molecule has 5 atom stereocenters. The van der Waals surface area contributed by atoms with Gasteiger partial charge >= 0.3 is 6.01 Å². The first-order valence-corrected chi connectivity index (χ1v) is 16.5. The van der Waals surface area contributed by atoms with E-state index < -0.39 is 23.3 Å². The summed E-state index contributed by atoms with van der Waals surface area (Å²) >= 11 is 0. The molecule has 250 valence electrons. The largest absolute Gasteiger partial charge is 0.508 e. The third kappa shape index (κ3) is 4.85. The molecule has 3 unspecified atom stereocenters. The maximum absolute atomic E-state index is 17.0. The molecule has 0 saturated carbocycles. The molecule has 4 aliphatic rings. The number of aromatic hydroxyl groups is 1. The van der Waals surface area contributed by atoms with E-state index in [-0.39, 0.29) is 63.8 Å². The first-order valence-electron chi connectivity index (χ1n) is 16.5. The first kappa shape index (κ1) is 31.1. The average molecular weight is 659 g/mol. The number of alkyl halides is 1. The second kappa shape index (κ2) is 11.5. The van der Waals surface area contributed by atoms with Crippen molar-refractivity contribution < 1.29 is 27.8 Å². The molecule has 4 fully saturated rings. The van der Waals surface area contributed by atoms with Gasteiger partial charge in [0.2, 0.25) is 0 Å². The van der Waals surface area contributed by atoms with Crippen molar-refractivity contribution in [1.82, 2.24) is 25.2 Å². The SMILES string of the molecule is C#Cc1c(F)ccc2cc(O)cc(-c3ncc4c(N5CC6CCC(C(C)OC)(C5)N6)nc(OC[C@@]56CCCN5C[C@H](F)C6)nc4c3F)c12. The molecule has 8 rings (SSSR count).